The van der Waals surface area contributed by atoms with Crippen LogP contribution in [0.4, 0.5) is 0 Å². The zero-order valence-corrected chi connectivity index (χ0v) is 19.7. The summed E-state index contributed by atoms with van der Waals surface area (Å²) in [6.45, 7) is 6.34. The number of rotatable bonds is 6. The van der Waals surface area contributed by atoms with Crippen LogP contribution in [-0.4, -0.2) is 59.7 Å². The zero-order chi connectivity index (χ0) is 24.0. The van der Waals surface area contributed by atoms with Crippen LogP contribution in [0.2, 0.25) is 0 Å². The van der Waals surface area contributed by atoms with Crippen molar-refractivity contribution in [3.05, 3.63) is 64.7 Å². The van der Waals surface area contributed by atoms with Crippen LogP contribution in [0.15, 0.2) is 42.5 Å². The molecule has 3 fully saturated rings. The molecule has 0 saturated carbocycles. The van der Waals surface area contributed by atoms with Gasteiger partial charge in [0.15, 0.2) is 0 Å². The van der Waals surface area contributed by atoms with Crippen molar-refractivity contribution in [3.8, 4) is 5.75 Å². The van der Waals surface area contributed by atoms with E-state index in [9.17, 15) is 14.4 Å². The van der Waals surface area contributed by atoms with E-state index in [2.05, 4.69) is 39.8 Å². The Kier molecular flexibility index (Phi) is 5.57. The van der Waals surface area contributed by atoms with Gasteiger partial charge in [0, 0.05) is 49.1 Å². The van der Waals surface area contributed by atoms with Crippen LogP contribution < -0.4 is 15.4 Å². The molecule has 1 unspecified atom stereocenters. The molecular weight excluding hydrogens is 444 g/mol. The van der Waals surface area contributed by atoms with Gasteiger partial charge in [-0.15, -0.1) is 0 Å². The lowest BCUT2D eigenvalue weighted by molar-refractivity contribution is -0.136. The fourth-order valence-electron chi connectivity index (χ4n) is 5.78. The number of imide groups is 1. The van der Waals surface area contributed by atoms with Gasteiger partial charge in [-0.2, -0.15) is 0 Å². The third kappa shape index (κ3) is 4.21. The van der Waals surface area contributed by atoms with E-state index in [1.165, 1.54) is 25.1 Å². The van der Waals surface area contributed by atoms with E-state index < -0.39 is 11.9 Å². The molecular formula is C27H30N4O4. The second kappa shape index (κ2) is 8.77. The van der Waals surface area contributed by atoms with Gasteiger partial charge < -0.3 is 15.0 Å². The van der Waals surface area contributed by atoms with Crippen molar-refractivity contribution in [3.63, 3.8) is 0 Å². The minimum Gasteiger partial charge on any atom is -0.489 e. The molecule has 0 aromatic heterocycles. The number of hydrogen-bond acceptors (Lipinski definition) is 6. The third-order valence-corrected chi connectivity index (χ3v) is 7.88. The molecule has 4 aliphatic rings. The summed E-state index contributed by atoms with van der Waals surface area (Å²) in [6, 6.07) is 13.4. The molecule has 8 heteroatoms. The SMILES string of the molecule is O=C1CCC(N2Cc3c(OCc4ccc(CN5CCC6(CNC6)C5)cc4)cccc3C2=O)C(=O)N1. The highest BCUT2D eigenvalue weighted by Crippen LogP contribution is 2.35. The van der Waals surface area contributed by atoms with E-state index in [1.54, 1.807) is 11.0 Å². The smallest absolute Gasteiger partial charge is 0.255 e. The summed E-state index contributed by atoms with van der Waals surface area (Å²) >= 11 is 0. The van der Waals surface area contributed by atoms with Crippen LogP contribution >= 0.6 is 0 Å². The summed E-state index contributed by atoms with van der Waals surface area (Å²) in [5, 5.41) is 5.75. The highest BCUT2D eigenvalue weighted by atomic mass is 16.5. The Hall–Kier alpha value is -3.23. The van der Waals surface area contributed by atoms with Crippen LogP contribution in [0, 0.1) is 5.41 Å². The molecule has 2 aromatic carbocycles. The summed E-state index contributed by atoms with van der Waals surface area (Å²) in [6.07, 6.45) is 1.88. The predicted octanol–water partition coefficient (Wildman–Crippen LogP) is 1.82. The zero-order valence-electron chi connectivity index (χ0n) is 19.7. The maximum absolute atomic E-state index is 13.0. The maximum Gasteiger partial charge on any atom is 0.255 e. The second-order valence-corrected chi connectivity index (χ2v) is 10.4. The number of benzene rings is 2. The number of nitrogens with one attached hydrogen (secondary N) is 2. The average Bonchev–Trinajstić information content (AvgIpc) is 3.41. The number of ether oxygens (including phenoxy) is 1. The fraction of sp³-hybridized carbons (Fsp3) is 0.444. The first kappa shape index (κ1) is 22.2. The molecule has 2 aromatic rings. The number of carbonyl (C=O) groups excluding carboxylic acids is 3. The van der Waals surface area contributed by atoms with Crippen LogP contribution in [0.5, 0.6) is 5.75 Å². The van der Waals surface area contributed by atoms with Gasteiger partial charge in [0.05, 0.1) is 6.54 Å². The normalized spacial score (nSPS) is 23.4. The quantitative estimate of drug-likeness (QED) is 0.621. The van der Waals surface area contributed by atoms with Crippen molar-refractivity contribution in [2.24, 2.45) is 5.41 Å². The summed E-state index contributed by atoms with van der Waals surface area (Å²) in [4.78, 5) is 40.9. The number of carbonyl (C=O) groups is 3. The summed E-state index contributed by atoms with van der Waals surface area (Å²) in [5.41, 5.74) is 4.25. The highest BCUT2D eigenvalue weighted by Gasteiger charge is 2.43. The van der Waals surface area contributed by atoms with Crippen LogP contribution in [0.25, 0.3) is 0 Å². The monoisotopic (exact) mass is 474 g/mol. The molecule has 1 atom stereocenters. The molecule has 2 N–H and O–H groups in total. The minimum absolute atomic E-state index is 0.189. The van der Waals surface area contributed by atoms with E-state index in [1.807, 2.05) is 12.1 Å². The van der Waals surface area contributed by atoms with E-state index in [0.29, 0.717) is 36.3 Å². The molecule has 3 amide bonds. The average molecular weight is 475 g/mol. The van der Waals surface area contributed by atoms with Crippen LogP contribution in [-0.2, 0) is 29.3 Å². The lowest BCUT2D eigenvalue weighted by Crippen LogP contribution is -2.54. The van der Waals surface area contributed by atoms with Crippen molar-refractivity contribution in [1.82, 2.24) is 20.4 Å². The molecule has 6 rings (SSSR count). The predicted molar refractivity (Wildman–Crippen MR) is 128 cm³/mol. The Balaban J connectivity index is 1.08. The van der Waals surface area contributed by atoms with Gasteiger partial charge in [0.1, 0.15) is 18.4 Å². The molecule has 35 heavy (non-hydrogen) atoms. The Morgan fingerprint density at radius 3 is 2.54 bits per heavy atom. The summed E-state index contributed by atoms with van der Waals surface area (Å²) in [5.74, 6) is -0.222. The summed E-state index contributed by atoms with van der Waals surface area (Å²) in [7, 11) is 0. The largest absolute Gasteiger partial charge is 0.489 e. The number of amides is 3. The fourth-order valence-corrected chi connectivity index (χ4v) is 5.78. The van der Waals surface area contributed by atoms with E-state index in [4.69, 9.17) is 4.74 Å². The van der Waals surface area contributed by atoms with Gasteiger partial charge in [0.25, 0.3) is 5.91 Å². The van der Waals surface area contributed by atoms with Crippen molar-refractivity contribution in [2.75, 3.05) is 26.2 Å². The van der Waals surface area contributed by atoms with Crippen LogP contribution in [0.1, 0.15) is 46.3 Å². The third-order valence-electron chi connectivity index (χ3n) is 7.88. The van der Waals surface area contributed by atoms with Gasteiger partial charge >= 0.3 is 0 Å². The van der Waals surface area contributed by atoms with Gasteiger partial charge in [-0.3, -0.25) is 24.6 Å². The first-order valence-electron chi connectivity index (χ1n) is 12.4. The van der Waals surface area contributed by atoms with Crippen molar-refractivity contribution in [2.45, 2.75) is 45.0 Å². The topological polar surface area (TPSA) is 91.0 Å². The maximum atomic E-state index is 13.0. The Morgan fingerprint density at radius 2 is 1.83 bits per heavy atom. The lowest BCUT2D eigenvalue weighted by atomic mass is 9.81. The molecule has 0 aliphatic carbocycles. The Labute approximate surface area is 204 Å². The number of nitrogens with zero attached hydrogens (tertiary/aromatic N) is 2. The highest BCUT2D eigenvalue weighted by molar-refractivity contribution is 6.05. The van der Waals surface area contributed by atoms with Crippen LogP contribution in [0.3, 0.4) is 0 Å². The van der Waals surface area contributed by atoms with Crippen molar-refractivity contribution < 1.29 is 19.1 Å². The van der Waals surface area contributed by atoms with E-state index >= 15 is 0 Å². The molecule has 182 valence electrons. The van der Waals surface area contributed by atoms with Gasteiger partial charge in [-0.05, 0) is 42.6 Å². The molecule has 3 saturated heterocycles. The summed E-state index contributed by atoms with van der Waals surface area (Å²) < 4.78 is 6.13. The van der Waals surface area contributed by atoms with E-state index in [-0.39, 0.29) is 18.2 Å². The number of piperidine rings is 1. The van der Waals surface area contributed by atoms with Gasteiger partial charge in [-0.25, -0.2) is 0 Å². The number of hydrogen-bond donors (Lipinski definition) is 2. The molecule has 0 radical (unpaired) electrons. The van der Waals surface area contributed by atoms with E-state index in [0.717, 1.165) is 30.8 Å². The van der Waals surface area contributed by atoms with Crippen molar-refractivity contribution in [1.29, 1.82) is 0 Å². The lowest BCUT2D eigenvalue weighted by Gasteiger charge is -2.39. The Bertz CT molecular complexity index is 1170. The minimum atomic E-state index is -0.626. The molecule has 4 aliphatic heterocycles. The first-order chi connectivity index (χ1) is 17.0. The second-order valence-electron chi connectivity index (χ2n) is 10.4. The number of fused-ring (bicyclic) bond motifs is 1. The molecule has 1 spiro atoms. The van der Waals surface area contributed by atoms with Gasteiger partial charge in [0.2, 0.25) is 11.8 Å². The standard InChI is InChI=1S/C27H30N4O4/c32-24-9-8-22(25(33)29-24)31-13-21-20(26(31)34)2-1-3-23(21)35-14-19-6-4-18(5-7-19)12-30-11-10-27(17-30)15-28-16-27/h1-7,22,28H,8-17H2,(H,29,32,33). The van der Waals surface area contributed by atoms with Crippen molar-refractivity contribution >= 4 is 17.7 Å². The molecule has 4 heterocycles. The Morgan fingerprint density at radius 1 is 1.03 bits per heavy atom. The first-order valence-corrected chi connectivity index (χ1v) is 12.4. The molecule has 0 bridgehead atoms. The number of likely N-dealkylation sites (tertiary alicyclic amines) is 1. The van der Waals surface area contributed by atoms with Gasteiger partial charge in [-0.1, -0.05) is 30.3 Å². The molecule has 8 nitrogen and oxygen atoms in total.